The van der Waals surface area contributed by atoms with E-state index in [9.17, 15) is 9.59 Å². The number of hydrogen-bond donors (Lipinski definition) is 2. The van der Waals surface area contributed by atoms with Crippen molar-refractivity contribution in [2.24, 2.45) is 0 Å². The molecule has 1 heterocycles. The molecule has 21 heavy (non-hydrogen) atoms. The van der Waals surface area contributed by atoms with Crippen LogP contribution >= 0.6 is 11.6 Å². The highest BCUT2D eigenvalue weighted by molar-refractivity contribution is 6.33. The summed E-state index contributed by atoms with van der Waals surface area (Å²) in [4.78, 5) is 27.6. The van der Waals surface area contributed by atoms with Gasteiger partial charge in [0.2, 0.25) is 5.91 Å². The number of halogens is 1. The summed E-state index contributed by atoms with van der Waals surface area (Å²) in [6.07, 6.45) is 1.60. The van der Waals surface area contributed by atoms with Gasteiger partial charge in [-0.25, -0.2) is 4.98 Å². The standard InChI is InChI=1S/C15H14ClN3O2/c1-10-6-7-17-13(8-10)19-14(20)9-18-15(21)11-4-2-3-5-12(11)16/h2-8H,9H2,1H3,(H,18,21)(H,17,19,20). The fraction of sp³-hybridized carbons (Fsp3) is 0.133. The van der Waals surface area contributed by atoms with Gasteiger partial charge in [-0.15, -0.1) is 0 Å². The van der Waals surface area contributed by atoms with Crippen molar-refractivity contribution in [1.82, 2.24) is 10.3 Å². The Morgan fingerprint density at radius 1 is 1.24 bits per heavy atom. The van der Waals surface area contributed by atoms with Crippen LogP contribution in [0.25, 0.3) is 0 Å². The van der Waals surface area contributed by atoms with Crippen LogP contribution < -0.4 is 10.6 Å². The molecule has 0 fully saturated rings. The first-order chi connectivity index (χ1) is 10.1. The maximum atomic E-state index is 11.9. The largest absolute Gasteiger partial charge is 0.343 e. The molecule has 2 N–H and O–H groups in total. The van der Waals surface area contributed by atoms with Crippen molar-refractivity contribution >= 4 is 29.2 Å². The lowest BCUT2D eigenvalue weighted by atomic mass is 10.2. The third-order valence-electron chi connectivity index (χ3n) is 2.71. The summed E-state index contributed by atoms with van der Waals surface area (Å²) < 4.78 is 0. The first kappa shape index (κ1) is 15.0. The summed E-state index contributed by atoms with van der Waals surface area (Å²) in [6, 6.07) is 10.2. The number of carbonyl (C=O) groups excluding carboxylic acids is 2. The van der Waals surface area contributed by atoms with Crippen LogP contribution in [0.5, 0.6) is 0 Å². The zero-order chi connectivity index (χ0) is 15.2. The van der Waals surface area contributed by atoms with E-state index >= 15 is 0 Å². The van der Waals surface area contributed by atoms with Crippen molar-refractivity contribution in [3.63, 3.8) is 0 Å². The number of pyridine rings is 1. The quantitative estimate of drug-likeness (QED) is 0.911. The molecule has 0 radical (unpaired) electrons. The molecule has 6 heteroatoms. The van der Waals surface area contributed by atoms with Gasteiger partial charge in [-0.3, -0.25) is 9.59 Å². The Kier molecular flexibility index (Phi) is 4.90. The van der Waals surface area contributed by atoms with Gasteiger partial charge in [0, 0.05) is 6.20 Å². The fourth-order valence-electron chi connectivity index (χ4n) is 1.69. The maximum Gasteiger partial charge on any atom is 0.253 e. The number of aryl methyl sites for hydroxylation is 1. The lowest BCUT2D eigenvalue weighted by Crippen LogP contribution is -2.33. The highest BCUT2D eigenvalue weighted by atomic mass is 35.5. The summed E-state index contributed by atoms with van der Waals surface area (Å²) >= 11 is 5.91. The number of benzene rings is 1. The number of aromatic nitrogens is 1. The minimum absolute atomic E-state index is 0.153. The number of carbonyl (C=O) groups is 2. The van der Waals surface area contributed by atoms with E-state index in [1.54, 1.807) is 36.5 Å². The molecule has 0 aliphatic rings. The van der Waals surface area contributed by atoms with Crippen LogP contribution in [-0.2, 0) is 4.79 Å². The number of rotatable bonds is 4. The van der Waals surface area contributed by atoms with E-state index in [2.05, 4.69) is 15.6 Å². The first-order valence-electron chi connectivity index (χ1n) is 6.31. The molecular weight excluding hydrogens is 290 g/mol. The van der Waals surface area contributed by atoms with E-state index < -0.39 is 5.91 Å². The van der Waals surface area contributed by atoms with Gasteiger partial charge in [0.15, 0.2) is 0 Å². The van der Waals surface area contributed by atoms with E-state index in [4.69, 9.17) is 11.6 Å². The predicted octanol–water partition coefficient (Wildman–Crippen LogP) is 2.41. The second-order valence-electron chi connectivity index (χ2n) is 4.43. The fourth-order valence-corrected chi connectivity index (χ4v) is 1.91. The second-order valence-corrected chi connectivity index (χ2v) is 4.84. The second kappa shape index (κ2) is 6.85. The van der Waals surface area contributed by atoms with Gasteiger partial charge in [0.25, 0.3) is 5.91 Å². The Morgan fingerprint density at radius 2 is 2.00 bits per heavy atom. The summed E-state index contributed by atoms with van der Waals surface area (Å²) in [5.41, 5.74) is 1.32. The molecule has 0 saturated carbocycles. The molecule has 5 nitrogen and oxygen atoms in total. The van der Waals surface area contributed by atoms with Gasteiger partial charge >= 0.3 is 0 Å². The molecule has 1 aromatic heterocycles. The Morgan fingerprint density at radius 3 is 2.71 bits per heavy atom. The lowest BCUT2D eigenvalue weighted by Gasteiger charge is -2.07. The monoisotopic (exact) mass is 303 g/mol. The van der Waals surface area contributed by atoms with E-state index in [-0.39, 0.29) is 12.5 Å². The molecule has 2 amide bonds. The zero-order valence-electron chi connectivity index (χ0n) is 11.4. The minimum atomic E-state index is -0.395. The van der Waals surface area contributed by atoms with Crippen molar-refractivity contribution in [2.75, 3.05) is 11.9 Å². The molecule has 108 valence electrons. The molecule has 0 saturated heterocycles. The van der Waals surface area contributed by atoms with Crippen LogP contribution in [0.15, 0.2) is 42.6 Å². The number of anilines is 1. The summed E-state index contributed by atoms with van der Waals surface area (Å²) in [7, 11) is 0. The van der Waals surface area contributed by atoms with Crippen LogP contribution in [0, 0.1) is 6.92 Å². The van der Waals surface area contributed by atoms with Gasteiger partial charge < -0.3 is 10.6 Å². The van der Waals surface area contributed by atoms with E-state index in [1.165, 1.54) is 0 Å². The number of amides is 2. The zero-order valence-corrected chi connectivity index (χ0v) is 12.1. The Balaban J connectivity index is 1.90. The maximum absolute atomic E-state index is 11.9. The smallest absolute Gasteiger partial charge is 0.253 e. The van der Waals surface area contributed by atoms with Crippen LogP contribution in [0.3, 0.4) is 0 Å². The van der Waals surface area contributed by atoms with E-state index in [0.29, 0.717) is 16.4 Å². The highest BCUT2D eigenvalue weighted by Gasteiger charge is 2.11. The number of nitrogens with zero attached hydrogens (tertiary/aromatic N) is 1. The van der Waals surface area contributed by atoms with Crippen molar-refractivity contribution in [1.29, 1.82) is 0 Å². The Labute approximate surface area is 127 Å². The van der Waals surface area contributed by atoms with Crippen LogP contribution in [-0.4, -0.2) is 23.3 Å². The van der Waals surface area contributed by atoms with Crippen molar-refractivity contribution in [3.8, 4) is 0 Å². The van der Waals surface area contributed by atoms with Crippen LogP contribution in [0.1, 0.15) is 15.9 Å². The molecule has 0 atom stereocenters. The molecule has 1 aromatic carbocycles. The summed E-state index contributed by atoms with van der Waals surface area (Å²) in [5, 5.41) is 5.46. The first-order valence-corrected chi connectivity index (χ1v) is 6.69. The molecule has 0 unspecified atom stereocenters. The van der Waals surface area contributed by atoms with Crippen LogP contribution in [0.4, 0.5) is 5.82 Å². The van der Waals surface area contributed by atoms with Gasteiger partial charge in [0.1, 0.15) is 5.82 Å². The van der Waals surface area contributed by atoms with E-state index in [0.717, 1.165) is 5.56 Å². The molecule has 0 aliphatic carbocycles. The summed E-state index contributed by atoms with van der Waals surface area (Å²) in [6.45, 7) is 1.75. The SMILES string of the molecule is Cc1ccnc(NC(=O)CNC(=O)c2ccccc2Cl)c1. The Hall–Kier alpha value is -2.40. The normalized spacial score (nSPS) is 10.0. The van der Waals surface area contributed by atoms with Gasteiger partial charge in [-0.2, -0.15) is 0 Å². The average Bonchev–Trinajstić information content (AvgIpc) is 2.45. The summed E-state index contributed by atoms with van der Waals surface area (Å²) in [5.74, 6) is -0.298. The van der Waals surface area contributed by atoms with Crippen molar-refractivity contribution < 1.29 is 9.59 Å². The van der Waals surface area contributed by atoms with Crippen LogP contribution in [0.2, 0.25) is 5.02 Å². The van der Waals surface area contributed by atoms with Gasteiger partial charge in [0.05, 0.1) is 17.1 Å². The molecular formula is C15H14ClN3O2. The third-order valence-corrected chi connectivity index (χ3v) is 3.04. The topological polar surface area (TPSA) is 71.1 Å². The number of nitrogens with one attached hydrogen (secondary N) is 2. The third kappa shape index (κ3) is 4.29. The Bertz CT molecular complexity index is 673. The number of hydrogen-bond acceptors (Lipinski definition) is 3. The van der Waals surface area contributed by atoms with Gasteiger partial charge in [-0.1, -0.05) is 23.7 Å². The molecule has 0 bridgehead atoms. The average molecular weight is 304 g/mol. The molecule has 2 rings (SSSR count). The lowest BCUT2D eigenvalue weighted by molar-refractivity contribution is -0.115. The molecule has 0 aliphatic heterocycles. The van der Waals surface area contributed by atoms with Crippen molar-refractivity contribution in [3.05, 3.63) is 58.7 Å². The van der Waals surface area contributed by atoms with E-state index in [1.807, 2.05) is 13.0 Å². The van der Waals surface area contributed by atoms with Crippen molar-refractivity contribution in [2.45, 2.75) is 6.92 Å². The predicted molar refractivity (Wildman–Crippen MR) is 81.4 cm³/mol. The highest BCUT2D eigenvalue weighted by Crippen LogP contribution is 2.14. The molecule has 2 aromatic rings. The molecule has 0 spiro atoms. The minimum Gasteiger partial charge on any atom is -0.343 e. The van der Waals surface area contributed by atoms with Gasteiger partial charge in [-0.05, 0) is 36.8 Å².